The average Bonchev–Trinajstić information content (AvgIpc) is 2.43. The third-order valence-corrected chi connectivity index (χ3v) is 3.87. The number of benzene rings is 2. The van der Waals surface area contributed by atoms with Crippen molar-refractivity contribution in [2.75, 3.05) is 5.73 Å². The fourth-order valence-electron chi connectivity index (χ4n) is 2.08. The highest BCUT2D eigenvalue weighted by Crippen LogP contribution is 2.36. The van der Waals surface area contributed by atoms with E-state index in [4.69, 9.17) is 10.5 Å². The van der Waals surface area contributed by atoms with Gasteiger partial charge >= 0.3 is 0 Å². The molecule has 0 radical (unpaired) electrons. The van der Waals surface area contributed by atoms with E-state index in [1.165, 1.54) is 0 Å². The standard InChI is InChI=1S/C16H13BrN2O/c1-10-9-15(11-5-2-3-7-13(11)19-10)20-14-8-4-6-12(18)16(14)17/h2-9H,18H2,1H3. The smallest absolute Gasteiger partial charge is 0.143 e. The van der Waals surface area contributed by atoms with Crippen molar-refractivity contribution in [2.24, 2.45) is 0 Å². The van der Waals surface area contributed by atoms with Crippen molar-refractivity contribution >= 4 is 32.5 Å². The number of ether oxygens (including phenoxy) is 1. The van der Waals surface area contributed by atoms with Crippen LogP contribution >= 0.6 is 15.9 Å². The van der Waals surface area contributed by atoms with Crippen LogP contribution in [-0.2, 0) is 0 Å². The van der Waals surface area contributed by atoms with Crippen LogP contribution in [-0.4, -0.2) is 4.98 Å². The Bertz CT molecular complexity index is 787. The molecule has 0 bridgehead atoms. The lowest BCUT2D eigenvalue weighted by molar-refractivity contribution is 0.484. The maximum atomic E-state index is 6.02. The van der Waals surface area contributed by atoms with Crippen molar-refractivity contribution < 1.29 is 4.74 Å². The topological polar surface area (TPSA) is 48.1 Å². The lowest BCUT2D eigenvalue weighted by Gasteiger charge is -2.12. The first-order valence-electron chi connectivity index (χ1n) is 6.23. The van der Waals surface area contributed by atoms with E-state index in [0.717, 1.165) is 26.8 Å². The molecule has 0 saturated carbocycles. The Morgan fingerprint density at radius 3 is 2.70 bits per heavy atom. The number of hydrogen-bond acceptors (Lipinski definition) is 3. The van der Waals surface area contributed by atoms with Crippen LogP contribution in [0.2, 0.25) is 0 Å². The second kappa shape index (κ2) is 5.13. The molecule has 3 rings (SSSR count). The zero-order chi connectivity index (χ0) is 14.1. The van der Waals surface area contributed by atoms with Crippen LogP contribution in [0.15, 0.2) is 53.0 Å². The van der Waals surface area contributed by atoms with Gasteiger partial charge in [-0.3, -0.25) is 4.98 Å². The van der Waals surface area contributed by atoms with Gasteiger partial charge in [-0.2, -0.15) is 0 Å². The third kappa shape index (κ3) is 2.34. The van der Waals surface area contributed by atoms with Gasteiger partial charge in [0.2, 0.25) is 0 Å². The molecule has 4 heteroatoms. The van der Waals surface area contributed by atoms with Gasteiger partial charge in [0.15, 0.2) is 0 Å². The zero-order valence-electron chi connectivity index (χ0n) is 10.9. The van der Waals surface area contributed by atoms with Crippen molar-refractivity contribution in [2.45, 2.75) is 6.92 Å². The number of fused-ring (bicyclic) bond motifs is 1. The predicted molar refractivity (Wildman–Crippen MR) is 85.1 cm³/mol. The van der Waals surface area contributed by atoms with E-state index >= 15 is 0 Å². The number of halogens is 1. The Labute approximate surface area is 125 Å². The molecule has 0 fully saturated rings. The summed E-state index contributed by atoms with van der Waals surface area (Å²) in [6, 6.07) is 15.4. The van der Waals surface area contributed by atoms with Crippen LogP contribution < -0.4 is 10.5 Å². The summed E-state index contributed by atoms with van der Waals surface area (Å²) in [5.74, 6) is 1.47. The largest absolute Gasteiger partial charge is 0.455 e. The van der Waals surface area contributed by atoms with Gasteiger partial charge in [-0.15, -0.1) is 0 Å². The molecule has 1 heterocycles. The Hall–Kier alpha value is -2.07. The number of hydrogen-bond donors (Lipinski definition) is 1. The molecule has 1 aromatic heterocycles. The Kier molecular flexibility index (Phi) is 3.32. The Balaban J connectivity index is 2.13. The van der Waals surface area contributed by atoms with Gasteiger partial charge < -0.3 is 10.5 Å². The maximum Gasteiger partial charge on any atom is 0.143 e. The molecular weight excluding hydrogens is 316 g/mol. The second-order valence-electron chi connectivity index (χ2n) is 4.54. The molecule has 0 aliphatic rings. The highest BCUT2D eigenvalue weighted by atomic mass is 79.9. The van der Waals surface area contributed by atoms with Gasteiger partial charge in [-0.25, -0.2) is 0 Å². The van der Waals surface area contributed by atoms with Gasteiger partial charge in [-0.1, -0.05) is 18.2 Å². The number of aromatic nitrogens is 1. The van der Waals surface area contributed by atoms with Crippen LogP contribution in [0.3, 0.4) is 0 Å². The molecule has 0 atom stereocenters. The monoisotopic (exact) mass is 328 g/mol. The fourth-order valence-corrected chi connectivity index (χ4v) is 2.42. The maximum absolute atomic E-state index is 6.02. The van der Waals surface area contributed by atoms with E-state index in [2.05, 4.69) is 20.9 Å². The Morgan fingerprint density at radius 1 is 1.05 bits per heavy atom. The highest BCUT2D eigenvalue weighted by molar-refractivity contribution is 9.10. The number of para-hydroxylation sites is 1. The van der Waals surface area contributed by atoms with Gasteiger partial charge in [0.1, 0.15) is 11.5 Å². The summed E-state index contributed by atoms with van der Waals surface area (Å²) in [7, 11) is 0. The van der Waals surface area contributed by atoms with E-state index < -0.39 is 0 Å². The molecule has 2 N–H and O–H groups in total. The molecule has 0 aliphatic heterocycles. The second-order valence-corrected chi connectivity index (χ2v) is 5.33. The summed E-state index contributed by atoms with van der Waals surface area (Å²) in [5, 5.41) is 0.979. The number of anilines is 1. The first-order valence-corrected chi connectivity index (χ1v) is 7.02. The Morgan fingerprint density at radius 2 is 1.85 bits per heavy atom. The molecule has 3 nitrogen and oxygen atoms in total. The predicted octanol–water partition coefficient (Wildman–Crippen LogP) is 4.68. The summed E-state index contributed by atoms with van der Waals surface area (Å²) in [6.45, 7) is 1.95. The number of nitrogens with zero attached hydrogens (tertiary/aromatic N) is 1. The highest BCUT2D eigenvalue weighted by Gasteiger charge is 2.09. The molecule has 2 aromatic carbocycles. The van der Waals surface area contributed by atoms with Crippen molar-refractivity contribution in [3.63, 3.8) is 0 Å². The molecule has 0 unspecified atom stereocenters. The minimum absolute atomic E-state index is 0.651. The first-order chi connectivity index (χ1) is 9.65. The van der Waals surface area contributed by atoms with Gasteiger partial charge in [-0.05, 0) is 47.1 Å². The van der Waals surface area contributed by atoms with Crippen molar-refractivity contribution in [3.05, 3.63) is 58.7 Å². The van der Waals surface area contributed by atoms with Crippen LogP contribution in [0.5, 0.6) is 11.5 Å². The zero-order valence-corrected chi connectivity index (χ0v) is 12.5. The molecular formula is C16H13BrN2O. The number of nitrogen functional groups attached to an aromatic ring is 1. The molecule has 100 valence electrons. The molecule has 20 heavy (non-hydrogen) atoms. The summed E-state index contributed by atoms with van der Waals surface area (Å²) in [6.07, 6.45) is 0. The average molecular weight is 329 g/mol. The minimum Gasteiger partial charge on any atom is -0.455 e. The first kappa shape index (κ1) is 12.9. The number of nitrogens with two attached hydrogens (primary N) is 1. The van der Waals surface area contributed by atoms with Crippen LogP contribution in [0.25, 0.3) is 10.9 Å². The van der Waals surface area contributed by atoms with Crippen LogP contribution in [0.4, 0.5) is 5.69 Å². The van der Waals surface area contributed by atoms with E-state index in [0.29, 0.717) is 11.4 Å². The van der Waals surface area contributed by atoms with Crippen LogP contribution in [0, 0.1) is 6.92 Å². The van der Waals surface area contributed by atoms with Gasteiger partial charge in [0, 0.05) is 22.8 Å². The quantitative estimate of drug-likeness (QED) is 0.695. The number of rotatable bonds is 2. The molecule has 0 saturated heterocycles. The van der Waals surface area contributed by atoms with E-state index in [1.807, 2.05) is 55.5 Å². The van der Waals surface area contributed by atoms with E-state index in [1.54, 1.807) is 0 Å². The summed E-state index contributed by atoms with van der Waals surface area (Å²) in [5.41, 5.74) is 8.36. The van der Waals surface area contributed by atoms with E-state index in [-0.39, 0.29) is 0 Å². The van der Waals surface area contributed by atoms with Crippen molar-refractivity contribution in [3.8, 4) is 11.5 Å². The molecule has 3 aromatic rings. The molecule has 0 spiro atoms. The SMILES string of the molecule is Cc1cc(Oc2cccc(N)c2Br)c2ccccc2n1. The lowest BCUT2D eigenvalue weighted by atomic mass is 10.2. The minimum atomic E-state index is 0.651. The normalized spacial score (nSPS) is 10.7. The molecule has 0 amide bonds. The summed E-state index contributed by atoms with van der Waals surface area (Å²) < 4.78 is 6.78. The summed E-state index contributed by atoms with van der Waals surface area (Å²) >= 11 is 3.45. The van der Waals surface area contributed by atoms with Crippen molar-refractivity contribution in [1.82, 2.24) is 4.98 Å². The summed E-state index contributed by atoms with van der Waals surface area (Å²) in [4.78, 5) is 4.50. The number of pyridine rings is 1. The molecule has 0 aliphatic carbocycles. The van der Waals surface area contributed by atoms with Gasteiger partial charge in [0.05, 0.1) is 9.99 Å². The lowest BCUT2D eigenvalue weighted by Crippen LogP contribution is -1.93. The fraction of sp³-hybridized carbons (Fsp3) is 0.0625. The van der Waals surface area contributed by atoms with Gasteiger partial charge in [0.25, 0.3) is 0 Å². The number of aryl methyl sites for hydroxylation is 1. The third-order valence-electron chi connectivity index (χ3n) is 3.02. The van der Waals surface area contributed by atoms with E-state index in [9.17, 15) is 0 Å². The van der Waals surface area contributed by atoms with Crippen molar-refractivity contribution in [1.29, 1.82) is 0 Å². The van der Waals surface area contributed by atoms with Crippen LogP contribution in [0.1, 0.15) is 5.69 Å².